The number of aromatic nitrogens is 2. The maximum absolute atomic E-state index is 14.9. The number of hydrogen-bond donors (Lipinski definition) is 5. The Bertz CT molecular complexity index is 1280. The molecule has 2 aliphatic heterocycles. The molecule has 3 aliphatic rings. The number of halogens is 2. The van der Waals surface area contributed by atoms with Crippen LogP contribution in [0.2, 0.25) is 5.02 Å². The average Bonchev–Trinajstić information content (AvgIpc) is 3.72. The van der Waals surface area contributed by atoms with Crippen molar-refractivity contribution in [2.75, 3.05) is 63.9 Å². The molecular weight excluding hydrogens is 609 g/mol. The van der Waals surface area contributed by atoms with Crippen LogP contribution in [0, 0.1) is 17.2 Å². The lowest BCUT2D eigenvalue weighted by molar-refractivity contribution is -0.134. The molecule has 45 heavy (non-hydrogen) atoms. The van der Waals surface area contributed by atoms with Crippen molar-refractivity contribution in [3.63, 3.8) is 0 Å². The fraction of sp³-hybridized carbons (Fsp3) is 0.645. The number of aliphatic hydroxyl groups is 5. The molecule has 3 fully saturated rings. The quantitative estimate of drug-likeness (QED) is 0.205. The first-order valence-corrected chi connectivity index (χ1v) is 15.9. The van der Waals surface area contributed by atoms with Gasteiger partial charge in [0.25, 0.3) is 0 Å². The molecule has 1 aromatic carbocycles. The Hall–Kier alpha value is -2.65. The molecule has 2 aromatic rings. The zero-order chi connectivity index (χ0) is 32.1. The lowest BCUT2D eigenvalue weighted by Gasteiger charge is -2.37. The molecule has 1 aromatic heterocycles. The molecule has 1 amide bonds. The molecule has 1 unspecified atom stereocenters. The molecular formula is C31H43ClFN5O7. The van der Waals surface area contributed by atoms with Gasteiger partial charge in [0.2, 0.25) is 11.9 Å². The van der Waals surface area contributed by atoms with E-state index in [1.54, 1.807) is 29.4 Å². The van der Waals surface area contributed by atoms with Crippen LogP contribution in [0.4, 0.5) is 10.3 Å². The van der Waals surface area contributed by atoms with Crippen molar-refractivity contribution in [1.82, 2.24) is 19.8 Å². The Morgan fingerprint density at radius 1 is 1.02 bits per heavy atom. The highest BCUT2D eigenvalue weighted by molar-refractivity contribution is 6.30. The predicted octanol–water partition coefficient (Wildman–Crippen LogP) is 0.467. The standard InChI is InChI=1S/C31H43ClFN5O7/c32-22-16-34-30(35-17-22)38-6-4-31(5-7-38)15-21(31)3-12-45-23-2-1-20(24(33)14-23)13-27(42)37-10-8-36(9-11-37)18-25(40)28(43)29(44)26(41)19-39/h1-2,14,16-17,21,25-26,28-29,39-41,43-44H,3-13,15,18-19H2/t21?,25-,26+,28+,29+/m0/s1. The number of piperidine rings is 1. The van der Waals surface area contributed by atoms with E-state index in [0.29, 0.717) is 66.4 Å². The van der Waals surface area contributed by atoms with Crippen molar-refractivity contribution in [1.29, 1.82) is 0 Å². The number of β-amino-alcohol motifs (C(OH)–C–C–N with tert-alkyl or cyclic N) is 1. The number of amides is 1. The number of piperazine rings is 1. The lowest BCUT2D eigenvalue weighted by atomic mass is 9.90. The van der Waals surface area contributed by atoms with E-state index < -0.39 is 36.8 Å². The average molecular weight is 652 g/mol. The number of hydrogen-bond acceptors (Lipinski definition) is 11. The Morgan fingerprint density at radius 3 is 2.33 bits per heavy atom. The van der Waals surface area contributed by atoms with Gasteiger partial charge in [-0.2, -0.15) is 0 Å². The van der Waals surface area contributed by atoms with Crippen LogP contribution in [0.15, 0.2) is 30.6 Å². The maximum Gasteiger partial charge on any atom is 0.227 e. The van der Waals surface area contributed by atoms with Gasteiger partial charge in [-0.15, -0.1) is 0 Å². The van der Waals surface area contributed by atoms with Crippen LogP contribution in [-0.2, 0) is 11.2 Å². The second-order valence-electron chi connectivity index (χ2n) is 12.5. The highest BCUT2D eigenvalue weighted by atomic mass is 35.5. The number of anilines is 1. The van der Waals surface area contributed by atoms with Gasteiger partial charge in [-0.25, -0.2) is 14.4 Å². The zero-order valence-corrected chi connectivity index (χ0v) is 26.0. The highest BCUT2D eigenvalue weighted by Crippen LogP contribution is 2.61. The van der Waals surface area contributed by atoms with Gasteiger partial charge in [-0.3, -0.25) is 9.69 Å². The molecule has 0 radical (unpaired) electrons. The van der Waals surface area contributed by atoms with E-state index in [1.165, 1.54) is 12.5 Å². The van der Waals surface area contributed by atoms with Gasteiger partial charge >= 0.3 is 0 Å². The molecule has 14 heteroatoms. The largest absolute Gasteiger partial charge is 0.493 e. The summed E-state index contributed by atoms with van der Waals surface area (Å²) < 4.78 is 20.8. The minimum Gasteiger partial charge on any atom is -0.493 e. The van der Waals surface area contributed by atoms with Crippen LogP contribution >= 0.6 is 11.6 Å². The van der Waals surface area contributed by atoms with E-state index >= 15 is 0 Å². The monoisotopic (exact) mass is 651 g/mol. The third-order valence-corrected chi connectivity index (χ3v) is 9.80. The minimum absolute atomic E-state index is 0.0224. The fourth-order valence-electron chi connectivity index (χ4n) is 6.54. The summed E-state index contributed by atoms with van der Waals surface area (Å²) in [6.07, 6.45) is 1.19. The smallest absolute Gasteiger partial charge is 0.227 e. The predicted molar refractivity (Wildman–Crippen MR) is 163 cm³/mol. The molecule has 248 valence electrons. The molecule has 0 bridgehead atoms. The van der Waals surface area contributed by atoms with Crippen LogP contribution in [-0.4, -0.2) is 135 Å². The molecule has 12 nitrogen and oxygen atoms in total. The van der Waals surface area contributed by atoms with Gasteiger partial charge in [-0.1, -0.05) is 17.7 Å². The molecule has 1 spiro atoms. The van der Waals surface area contributed by atoms with Crippen LogP contribution in [0.5, 0.6) is 5.75 Å². The van der Waals surface area contributed by atoms with Gasteiger partial charge in [0.15, 0.2) is 0 Å². The van der Waals surface area contributed by atoms with Gasteiger partial charge < -0.3 is 40.1 Å². The van der Waals surface area contributed by atoms with Crippen LogP contribution in [0.1, 0.15) is 31.2 Å². The molecule has 5 rings (SSSR count). The fourth-order valence-corrected chi connectivity index (χ4v) is 6.64. The second-order valence-corrected chi connectivity index (χ2v) is 12.9. The lowest BCUT2D eigenvalue weighted by Crippen LogP contribution is -2.54. The zero-order valence-electron chi connectivity index (χ0n) is 25.2. The van der Waals surface area contributed by atoms with E-state index in [0.717, 1.165) is 32.4 Å². The van der Waals surface area contributed by atoms with Crippen molar-refractivity contribution >= 4 is 23.5 Å². The maximum atomic E-state index is 14.9. The molecule has 5 atom stereocenters. The number of carbonyl (C=O) groups is 1. The molecule has 1 saturated carbocycles. The van der Waals surface area contributed by atoms with Crippen LogP contribution in [0.3, 0.4) is 0 Å². The molecule has 3 heterocycles. The molecule has 5 N–H and O–H groups in total. The minimum atomic E-state index is -1.68. The summed E-state index contributed by atoms with van der Waals surface area (Å²) >= 11 is 5.90. The Morgan fingerprint density at radius 2 is 1.69 bits per heavy atom. The van der Waals surface area contributed by atoms with E-state index in [9.17, 15) is 29.6 Å². The number of aliphatic hydroxyl groups excluding tert-OH is 5. The topological polar surface area (TPSA) is 163 Å². The van der Waals surface area contributed by atoms with Crippen molar-refractivity contribution < 1.29 is 39.5 Å². The molecule has 1 aliphatic carbocycles. The third-order valence-electron chi connectivity index (χ3n) is 9.60. The summed E-state index contributed by atoms with van der Waals surface area (Å²) in [5.41, 5.74) is 0.642. The SMILES string of the molecule is O=C(Cc1ccc(OCCC2CC23CCN(c2ncc(Cl)cn2)CC3)cc1F)N1CCN(C[C@H](O)[C@@H](O)[C@H](O)[C@H](O)CO)CC1. The van der Waals surface area contributed by atoms with Crippen LogP contribution < -0.4 is 9.64 Å². The second kappa shape index (κ2) is 14.8. The van der Waals surface area contributed by atoms with E-state index in [-0.39, 0.29) is 18.9 Å². The summed E-state index contributed by atoms with van der Waals surface area (Å²) in [6, 6.07) is 4.63. The first kappa shape index (κ1) is 33.7. The number of ether oxygens (including phenoxy) is 1. The van der Waals surface area contributed by atoms with Gasteiger partial charge in [0.1, 0.15) is 29.9 Å². The molecule has 2 saturated heterocycles. The highest BCUT2D eigenvalue weighted by Gasteiger charge is 2.54. The Balaban J connectivity index is 0.999. The Kier molecular flexibility index (Phi) is 11.1. The first-order valence-electron chi connectivity index (χ1n) is 15.6. The van der Waals surface area contributed by atoms with E-state index in [2.05, 4.69) is 14.9 Å². The summed E-state index contributed by atoms with van der Waals surface area (Å²) in [7, 11) is 0. The Labute approximate surface area is 267 Å². The number of rotatable bonds is 13. The van der Waals surface area contributed by atoms with Crippen LogP contribution in [0.25, 0.3) is 0 Å². The summed E-state index contributed by atoms with van der Waals surface area (Å²) in [5, 5.41) is 49.0. The third kappa shape index (κ3) is 8.39. The number of benzene rings is 1. The number of nitrogens with zero attached hydrogens (tertiary/aromatic N) is 5. The van der Waals surface area contributed by atoms with Crippen molar-refractivity contribution in [2.24, 2.45) is 11.3 Å². The summed E-state index contributed by atoms with van der Waals surface area (Å²) in [4.78, 5) is 27.2. The van der Waals surface area contributed by atoms with E-state index in [4.69, 9.17) is 21.4 Å². The first-order chi connectivity index (χ1) is 21.6. The van der Waals surface area contributed by atoms with E-state index in [1.807, 2.05) is 4.90 Å². The van der Waals surface area contributed by atoms with Crippen molar-refractivity contribution in [3.8, 4) is 5.75 Å². The van der Waals surface area contributed by atoms with Gasteiger partial charge in [0.05, 0.1) is 43.2 Å². The van der Waals surface area contributed by atoms with Gasteiger partial charge in [-0.05, 0) is 48.6 Å². The number of carbonyl (C=O) groups excluding carboxylic acids is 1. The normalized spacial score (nSPS) is 22.6. The van der Waals surface area contributed by atoms with Crippen molar-refractivity contribution in [2.45, 2.75) is 56.5 Å². The van der Waals surface area contributed by atoms with Crippen molar-refractivity contribution in [3.05, 3.63) is 47.0 Å². The summed E-state index contributed by atoms with van der Waals surface area (Å²) in [6.45, 7) is 3.17. The van der Waals surface area contributed by atoms with Gasteiger partial charge in [0, 0.05) is 51.9 Å². The summed E-state index contributed by atoms with van der Waals surface area (Å²) in [5.74, 6) is 1.05.